The maximum atomic E-state index is 11.9. The second kappa shape index (κ2) is 8.87. The Morgan fingerprint density at radius 1 is 1.36 bits per heavy atom. The van der Waals surface area contributed by atoms with Crippen LogP contribution in [0, 0.1) is 0 Å². The molecule has 0 aliphatic carbocycles. The van der Waals surface area contributed by atoms with E-state index < -0.39 is 0 Å². The third-order valence-corrected chi connectivity index (χ3v) is 4.57. The van der Waals surface area contributed by atoms with Gasteiger partial charge in [-0.15, -0.1) is 12.4 Å². The molecule has 0 saturated carbocycles. The molecule has 1 heterocycles. The monoisotopic (exact) mass is 390 g/mol. The Morgan fingerprint density at radius 3 is 2.50 bits per heavy atom. The molecule has 1 saturated heterocycles. The summed E-state index contributed by atoms with van der Waals surface area (Å²) < 4.78 is 6.56. The fourth-order valence-corrected chi connectivity index (χ4v) is 3.03. The van der Waals surface area contributed by atoms with E-state index in [9.17, 15) is 4.79 Å². The van der Waals surface area contributed by atoms with Crippen molar-refractivity contribution >= 4 is 34.2 Å². The fourth-order valence-electron chi connectivity index (χ4n) is 2.77. The molecular weight excluding hydrogens is 368 g/mol. The number of nitrogens with one attached hydrogen (secondary N) is 1. The molecule has 0 bridgehead atoms. The summed E-state index contributed by atoms with van der Waals surface area (Å²) in [6, 6.07) is 8.26. The minimum atomic E-state index is -0.108. The summed E-state index contributed by atoms with van der Waals surface area (Å²) in [5, 5.41) is 3.05. The number of amides is 1. The van der Waals surface area contributed by atoms with Crippen LogP contribution < -0.4 is 11.1 Å². The van der Waals surface area contributed by atoms with Crippen LogP contribution in [-0.2, 0) is 14.9 Å². The number of hydrogen-bond acceptors (Lipinski definition) is 3. The van der Waals surface area contributed by atoms with E-state index in [1.807, 2.05) is 6.92 Å². The van der Waals surface area contributed by atoms with Crippen LogP contribution in [0.1, 0.15) is 31.7 Å². The summed E-state index contributed by atoms with van der Waals surface area (Å²) in [4.78, 5) is 11.9. The van der Waals surface area contributed by atoms with Gasteiger partial charge in [-0.1, -0.05) is 28.1 Å². The third-order valence-electron chi connectivity index (χ3n) is 4.04. The molecule has 1 fully saturated rings. The van der Waals surface area contributed by atoms with Crippen LogP contribution in [0.3, 0.4) is 0 Å². The van der Waals surface area contributed by atoms with Crippen molar-refractivity contribution in [3.8, 4) is 0 Å². The molecule has 1 aromatic carbocycles. The van der Waals surface area contributed by atoms with Gasteiger partial charge in [-0.05, 0) is 37.5 Å². The molecule has 4 nitrogen and oxygen atoms in total. The lowest BCUT2D eigenvalue weighted by Crippen LogP contribution is -2.45. The number of nitrogens with two attached hydrogens (primary N) is 1. The summed E-state index contributed by atoms with van der Waals surface area (Å²) in [5.41, 5.74) is 6.90. The van der Waals surface area contributed by atoms with Gasteiger partial charge in [0, 0.05) is 42.1 Å². The first-order valence-corrected chi connectivity index (χ1v) is 8.17. The van der Waals surface area contributed by atoms with Crippen molar-refractivity contribution in [2.75, 3.05) is 19.8 Å². The molecule has 1 amide bonds. The number of ether oxygens (including phenoxy) is 1. The molecule has 124 valence electrons. The minimum absolute atomic E-state index is 0. The van der Waals surface area contributed by atoms with Gasteiger partial charge in [0.1, 0.15) is 0 Å². The Morgan fingerprint density at radius 2 is 1.95 bits per heavy atom. The first-order chi connectivity index (χ1) is 10.0. The van der Waals surface area contributed by atoms with Gasteiger partial charge in [0.2, 0.25) is 5.91 Å². The number of hydrogen-bond donors (Lipinski definition) is 2. The van der Waals surface area contributed by atoms with Crippen molar-refractivity contribution in [1.82, 2.24) is 5.32 Å². The van der Waals surface area contributed by atoms with Gasteiger partial charge in [0.15, 0.2) is 0 Å². The van der Waals surface area contributed by atoms with E-state index in [0.29, 0.717) is 13.0 Å². The summed E-state index contributed by atoms with van der Waals surface area (Å²) in [6.07, 6.45) is 2.22. The number of carbonyl (C=O) groups is 1. The first-order valence-electron chi connectivity index (χ1n) is 7.38. The first kappa shape index (κ1) is 19.4. The zero-order valence-corrected chi connectivity index (χ0v) is 15.2. The Kier molecular flexibility index (Phi) is 7.83. The Labute approximate surface area is 146 Å². The molecule has 22 heavy (non-hydrogen) atoms. The SMILES string of the molecule is CC(N)CC(=O)NCC1(c2ccc(Br)cc2)CCOCC1.Cl. The van der Waals surface area contributed by atoms with E-state index in [-0.39, 0.29) is 29.8 Å². The topological polar surface area (TPSA) is 64.4 Å². The molecule has 6 heteroatoms. The lowest BCUT2D eigenvalue weighted by molar-refractivity contribution is -0.121. The number of rotatable bonds is 5. The highest BCUT2D eigenvalue weighted by molar-refractivity contribution is 9.10. The molecule has 3 N–H and O–H groups in total. The molecule has 2 rings (SSSR count). The van der Waals surface area contributed by atoms with Crippen molar-refractivity contribution in [2.45, 2.75) is 37.6 Å². The number of benzene rings is 1. The largest absolute Gasteiger partial charge is 0.381 e. The van der Waals surface area contributed by atoms with Crippen LogP contribution in [0.15, 0.2) is 28.7 Å². The van der Waals surface area contributed by atoms with E-state index in [1.165, 1.54) is 5.56 Å². The van der Waals surface area contributed by atoms with Crippen molar-refractivity contribution in [2.24, 2.45) is 5.73 Å². The average Bonchev–Trinajstić information content (AvgIpc) is 2.46. The van der Waals surface area contributed by atoms with Gasteiger partial charge < -0.3 is 15.8 Å². The van der Waals surface area contributed by atoms with Gasteiger partial charge >= 0.3 is 0 Å². The molecule has 0 aromatic heterocycles. The van der Waals surface area contributed by atoms with Crippen LogP contribution >= 0.6 is 28.3 Å². The van der Waals surface area contributed by atoms with E-state index >= 15 is 0 Å². The fraction of sp³-hybridized carbons (Fsp3) is 0.562. The van der Waals surface area contributed by atoms with Gasteiger partial charge in [0.05, 0.1) is 0 Å². The molecule has 0 radical (unpaired) electrons. The molecular formula is C16H24BrClN2O2. The zero-order valence-electron chi connectivity index (χ0n) is 12.8. The third kappa shape index (κ3) is 5.23. The lowest BCUT2D eigenvalue weighted by Gasteiger charge is -2.38. The van der Waals surface area contributed by atoms with Crippen LogP contribution in [0.4, 0.5) is 0 Å². The lowest BCUT2D eigenvalue weighted by atomic mass is 9.74. The van der Waals surface area contributed by atoms with E-state index in [1.54, 1.807) is 0 Å². The second-order valence-corrected chi connectivity index (χ2v) is 6.77. The van der Waals surface area contributed by atoms with Crippen molar-refractivity contribution in [3.05, 3.63) is 34.3 Å². The average molecular weight is 392 g/mol. The van der Waals surface area contributed by atoms with Crippen LogP contribution in [0.2, 0.25) is 0 Å². The maximum Gasteiger partial charge on any atom is 0.221 e. The summed E-state index contributed by atoms with van der Waals surface area (Å²) >= 11 is 3.47. The standard InChI is InChI=1S/C16H23BrN2O2.ClH/c1-12(18)10-15(20)19-11-16(6-8-21-9-7-16)13-2-4-14(17)5-3-13;/h2-5,12H,6-11,18H2,1H3,(H,19,20);1H. The molecule has 1 aliphatic rings. The molecule has 1 atom stereocenters. The van der Waals surface area contributed by atoms with E-state index in [2.05, 4.69) is 45.5 Å². The maximum absolute atomic E-state index is 11.9. The Bertz CT molecular complexity index is 474. The van der Waals surface area contributed by atoms with Gasteiger partial charge in [-0.2, -0.15) is 0 Å². The number of halogens is 2. The highest BCUT2D eigenvalue weighted by atomic mass is 79.9. The predicted molar refractivity (Wildman–Crippen MR) is 94.4 cm³/mol. The van der Waals surface area contributed by atoms with Crippen molar-refractivity contribution in [1.29, 1.82) is 0 Å². The highest BCUT2D eigenvalue weighted by Crippen LogP contribution is 2.34. The predicted octanol–water partition coefficient (Wildman–Crippen LogP) is 2.77. The van der Waals surface area contributed by atoms with Gasteiger partial charge in [0.25, 0.3) is 0 Å². The summed E-state index contributed by atoms with van der Waals surface area (Å²) in [7, 11) is 0. The Balaban J connectivity index is 0.00000242. The Hall–Kier alpha value is -0.620. The van der Waals surface area contributed by atoms with Crippen molar-refractivity contribution < 1.29 is 9.53 Å². The normalized spacial score (nSPS) is 18.1. The van der Waals surface area contributed by atoms with E-state index in [4.69, 9.17) is 10.5 Å². The van der Waals surface area contributed by atoms with Gasteiger partial charge in [-0.25, -0.2) is 0 Å². The van der Waals surface area contributed by atoms with E-state index in [0.717, 1.165) is 30.5 Å². The molecule has 1 aliphatic heterocycles. The zero-order chi connectivity index (χ0) is 15.3. The van der Waals surface area contributed by atoms with Gasteiger partial charge in [-0.3, -0.25) is 4.79 Å². The highest BCUT2D eigenvalue weighted by Gasteiger charge is 2.34. The number of carbonyl (C=O) groups excluding carboxylic acids is 1. The smallest absolute Gasteiger partial charge is 0.221 e. The van der Waals surface area contributed by atoms with Crippen LogP contribution in [0.5, 0.6) is 0 Å². The minimum Gasteiger partial charge on any atom is -0.381 e. The quantitative estimate of drug-likeness (QED) is 0.811. The molecule has 0 spiro atoms. The summed E-state index contributed by atoms with van der Waals surface area (Å²) in [6.45, 7) is 3.96. The van der Waals surface area contributed by atoms with Crippen LogP contribution in [-0.4, -0.2) is 31.7 Å². The van der Waals surface area contributed by atoms with Crippen molar-refractivity contribution in [3.63, 3.8) is 0 Å². The second-order valence-electron chi connectivity index (χ2n) is 5.86. The molecule has 1 aromatic rings. The molecule has 1 unspecified atom stereocenters. The van der Waals surface area contributed by atoms with Crippen LogP contribution in [0.25, 0.3) is 0 Å². The summed E-state index contributed by atoms with van der Waals surface area (Å²) in [5.74, 6) is 0.0213.